The number of hydroxylamine groups is 1. The molecule has 0 radical (unpaired) electrons. The highest BCUT2D eigenvalue weighted by molar-refractivity contribution is 7.99. The van der Waals surface area contributed by atoms with Gasteiger partial charge in [-0.15, -0.1) is 11.8 Å². The maximum atomic E-state index is 11.6. The maximum absolute atomic E-state index is 11.6. The second-order valence-corrected chi connectivity index (χ2v) is 5.28. The molecule has 1 unspecified atom stereocenters. The minimum atomic E-state index is -2.32. The van der Waals surface area contributed by atoms with E-state index in [0.717, 1.165) is 0 Å². The number of carbonyl (C=O) groups excluding carboxylic acids is 1. The summed E-state index contributed by atoms with van der Waals surface area (Å²) in [6, 6.07) is 4.67. The van der Waals surface area contributed by atoms with Crippen LogP contribution in [-0.4, -0.2) is 52.2 Å². The smallest absolute Gasteiger partial charge is 0.253 e. The molecule has 0 aliphatic carbocycles. The van der Waals surface area contributed by atoms with Crippen molar-refractivity contribution >= 4 is 28.7 Å². The van der Waals surface area contributed by atoms with Gasteiger partial charge in [-0.05, 0) is 35.5 Å². The molecule has 1 amide bonds. The third kappa shape index (κ3) is 5.70. The van der Waals surface area contributed by atoms with Crippen molar-refractivity contribution in [3.63, 3.8) is 0 Å². The second kappa shape index (κ2) is 9.05. The summed E-state index contributed by atoms with van der Waals surface area (Å²) in [5.41, 5.74) is 2.13. The van der Waals surface area contributed by atoms with Gasteiger partial charge in [-0.2, -0.15) is 0 Å². The van der Waals surface area contributed by atoms with Crippen LogP contribution >= 0.6 is 11.8 Å². The number of rotatable bonds is 3. The van der Waals surface area contributed by atoms with Crippen molar-refractivity contribution in [1.29, 1.82) is 0 Å². The van der Waals surface area contributed by atoms with Crippen molar-refractivity contribution in [2.45, 2.75) is 9.79 Å². The molecule has 6 nitrogen and oxygen atoms in total. The minimum absolute atomic E-state index is 0.167. The molecule has 0 aliphatic rings. The van der Waals surface area contributed by atoms with Crippen molar-refractivity contribution in [2.75, 3.05) is 27.4 Å². The molecule has 0 spiro atoms. The predicted octanol–water partition coefficient (Wildman–Crippen LogP) is 0.943. The van der Waals surface area contributed by atoms with E-state index in [4.69, 9.17) is 5.21 Å². The molecular weight excluding hydrogens is 288 g/mol. The van der Waals surface area contributed by atoms with Gasteiger partial charge in [0, 0.05) is 36.5 Å². The third-order valence-electron chi connectivity index (χ3n) is 2.00. The van der Waals surface area contributed by atoms with Gasteiger partial charge in [0.1, 0.15) is 0 Å². The van der Waals surface area contributed by atoms with E-state index in [9.17, 15) is 13.6 Å². The Morgan fingerprint density at radius 1 is 1.47 bits per heavy atom. The molecule has 0 fully saturated rings. The van der Waals surface area contributed by atoms with E-state index < -0.39 is 11.1 Å². The molecule has 0 heterocycles. The number of thioether (sulfide) groups is 1. The molecule has 19 heavy (non-hydrogen) atoms. The van der Waals surface area contributed by atoms with Crippen molar-refractivity contribution in [3.05, 3.63) is 23.8 Å². The lowest BCUT2D eigenvalue weighted by Crippen LogP contribution is -2.21. The number of amides is 1. The highest BCUT2D eigenvalue weighted by Gasteiger charge is 2.11. The number of hydrogen-bond acceptors (Lipinski definition) is 6. The molecular formula is C11H17N2O4S2-. The number of nitrogens with zero attached hydrogens (tertiary/aromatic N) is 1. The van der Waals surface area contributed by atoms with Crippen molar-refractivity contribution in [1.82, 2.24) is 10.4 Å². The lowest BCUT2D eigenvalue weighted by molar-refractivity contribution is 0.0827. The van der Waals surface area contributed by atoms with E-state index in [1.165, 1.54) is 29.8 Å². The van der Waals surface area contributed by atoms with Gasteiger partial charge in [0.15, 0.2) is 0 Å². The van der Waals surface area contributed by atoms with Crippen LogP contribution in [-0.2, 0) is 11.1 Å². The molecule has 1 aromatic rings. The van der Waals surface area contributed by atoms with E-state index in [2.05, 4.69) is 0 Å². The summed E-state index contributed by atoms with van der Waals surface area (Å²) in [6.45, 7) is 0. The van der Waals surface area contributed by atoms with Crippen LogP contribution in [0.3, 0.4) is 0 Å². The lowest BCUT2D eigenvalue weighted by Gasteiger charge is -2.14. The standard InChI is InChI=1S/C10H13NO3S2.CH5NO/c1-11(2)10(12)7-4-5-8(15-3)9(6-7)16(13)14;1-2-3/h4-6H,1-3H3,(H,13,14);2-3H,1H3/p-1. The summed E-state index contributed by atoms with van der Waals surface area (Å²) in [7, 11) is 4.68. The molecule has 8 heteroatoms. The first-order valence-electron chi connectivity index (χ1n) is 5.18. The van der Waals surface area contributed by atoms with Crippen LogP contribution in [0.2, 0.25) is 0 Å². The van der Waals surface area contributed by atoms with E-state index in [-0.39, 0.29) is 10.8 Å². The molecule has 1 atom stereocenters. The fourth-order valence-electron chi connectivity index (χ4n) is 1.20. The van der Waals surface area contributed by atoms with Crippen LogP contribution in [0.1, 0.15) is 10.4 Å². The number of benzene rings is 1. The normalized spacial score (nSPS) is 11.3. The Bertz CT molecular complexity index is 452. The van der Waals surface area contributed by atoms with Gasteiger partial charge >= 0.3 is 0 Å². The van der Waals surface area contributed by atoms with Crippen molar-refractivity contribution in [2.24, 2.45) is 0 Å². The Hall–Kier alpha value is -0.930. The van der Waals surface area contributed by atoms with E-state index in [0.29, 0.717) is 10.5 Å². The van der Waals surface area contributed by atoms with Crippen molar-refractivity contribution in [3.8, 4) is 0 Å². The first-order valence-corrected chi connectivity index (χ1v) is 7.48. The molecule has 2 N–H and O–H groups in total. The van der Waals surface area contributed by atoms with E-state index in [1.807, 2.05) is 0 Å². The minimum Gasteiger partial charge on any atom is -0.768 e. The number of nitrogens with one attached hydrogen (secondary N) is 1. The average Bonchev–Trinajstić information content (AvgIpc) is 2.37. The largest absolute Gasteiger partial charge is 0.768 e. The summed E-state index contributed by atoms with van der Waals surface area (Å²) in [5.74, 6) is -0.209. The zero-order chi connectivity index (χ0) is 15.0. The van der Waals surface area contributed by atoms with Gasteiger partial charge in [-0.3, -0.25) is 9.00 Å². The van der Waals surface area contributed by atoms with E-state index >= 15 is 0 Å². The Kier molecular flexibility index (Phi) is 8.61. The Morgan fingerprint density at radius 3 is 2.37 bits per heavy atom. The van der Waals surface area contributed by atoms with Gasteiger partial charge in [0.2, 0.25) is 0 Å². The Balaban J connectivity index is 0.000000982. The van der Waals surface area contributed by atoms with Gasteiger partial charge in [0.05, 0.1) is 0 Å². The maximum Gasteiger partial charge on any atom is 0.253 e. The summed E-state index contributed by atoms with van der Waals surface area (Å²) in [6.07, 6.45) is 1.79. The van der Waals surface area contributed by atoms with Gasteiger partial charge in [-0.25, -0.2) is 5.48 Å². The zero-order valence-electron chi connectivity index (χ0n) is 11.2. The van der Waals surface area contributed by atoms with Gasteiger partial charge in [-0.1, -0.05) is 0 Å². The average molecular weight is 305 g/mol. The topological polar surface area (TPSA) is 92.7 Å². The molecule has 0 bridgehead atoms. The molecule has 0 saturated carbocycles. The van der Waals surface area contributed by atoms with Crippen LogP contribution in [0.25, 0.3) is 0 Å². The number of carbonyl (C=O) groups is 1. The van der Waals surface area contributed by atoms with Gasteiger partial charge in [0.25, 0.3) is 5.91 Å². The fraction of sp³-hybridized carbons (Fsp3) is 0.364. The van der Waals surface area contributed by atoms with Crippen LogP contribution in [0.5, 0.6) is 0 Å². The molecule has 0 saturated heterocycles. The molecule has 0 aromatic heterocycles. The molecule has 0 aliphatic heterocycles. The van der Waals surface area contributed by atoms with Crippen LogP contribution in [0, 0.1) is 0 Å². The summed E-state index contributed by atoms with van der Waals surface area (Å²) in [4.78, 5) is 13.9. The zero-order valence-corrected chi connectivity index (χ0v) is 12.8. The second-order valence-electron chi connectivity index (χ2n) is 3.52. The molecule has 1 rings (SSSR count). The lowest BCUT2D eigenvalue weighted by atomic mass is 10.2. The Morgan fingerprint density at radius 2 is 2.00 bits per heavy atom. The first-order chi connectivity index (χ1) is 8.88. The SMILES string of the molecule is CNO.CSc1ccc(C(=O)N(C)C)cc1S(=O)[O-]. The highest BCUT2D eigenvalue weighted by atomic mass is 32.2. The van der Waals surface area contributed by atoms with Crippen LogP contribution in [0.4, 0.5) is 0 Å². The van der Waals surface area contributed by atoms with Crippen molar-refractivity contribution < 1.29 is 18.8 Å². The predicted molar refractivity (Wildman–Crippen MR) is 74.3 cm³/mol. The summed E-state index contributed by atoms with van der Waals surface area (Å²) < 4.78 is 22.0. The fourth-order valence-corrected chi connectivity index (χ4v) is 2.57. The quantitative estimate of drug-likeness (QED) is 0.490. The number of hydrogen-bond donors (Lipinski definition) is 2. The van der Waals surface area contributed by atoms with Crippen LogP contribution < -0.4 is 5.48 Å². The monoisotopic (exact) mass is 305 g/mol. The van der Waals surface area contributed by atoms with E-state index in [1.54, 1.807) is 38.0 Å². The highest BCUT2D eigenvalue weighted by Crippen LogP contribution is 2.24. The third-order valence-corrected chi connectivity index (χ3v) is 3.62. The summed E-state index contributed by atoms with van der Waals surface area (Å²) in [5, 5.41) is 7.32. The Labute approximate surface area is 119 Å². The summed E-state index contributed by atoms with van der Waals surface area (Å²) >= 11 is -0.987. The van der Waals surface area contributed by atoms with Gasteiger partial charge < -0.3 is 14.7 Å². The first kappa shape index (κ1) is 18.1. The van der Waals surface area contributed by atoms with Crippen LogP contribution in [0.15, 0.2) is 28.0 Å². The molecule has 1 aromatic carbocycles. The molecule has 108 valence electrons.